The zero-order chi connectivity index (χ0) is 21.9. The fourth-order valence-electron chi connectivity index (χ4n) is 2.73. The number of halogens is 2. The van der Waals surface area contributed by atoms with Crippen molar-refractivity contribution in [1.82, 2.24) is 14.5 Å². The molecule has 2 aromatic carbocycles. The summed E-state index contributed by atoms with van der Waals surface area (Å²) in [6, 6.07) is 10.3. The van der Waals surface area contributed by atoms with Gasteiger partial charge in [-0.1, -0.05) is 55.0 Å². The molecule has 1 aromatic heterocycles. The molecule has 0 aliphatic rings. The predicted octanol–water partition coefficient (Wildman–Crippen LogP) is 4.28. The molecule has 1 amide bonds. The van der Waals surface area contributed by atoms with Gasteiger partial charge in [0.05, 0.1) is 5.02 Å². The molecular formula is C19H18ClFN4O3S2. The fourth-order valence-corrected chi connectivity index (χ4v) is 5.34. The Hall–Kier alpha value is -2.40. The smallest absolute Gasteiger partial charge is 0.257 e. The zero-order valence-corrected chi connectivity index (χ0v) is 18.5. The summed E-state index contributed by atoms with van der Waals surface area (Å²) in [4.78, 5) is 12.0. The van der Waals surface area contributed by atoms with Crippen molar-refractivity contribution in [2.45, 2.75) is 18.7 Å². The molecule has 0 aliphatic carbocycles. The second kappa shape index (κ2) is 9.17. The van der Waals surface area contributed by atoms with Crippen LogP contribution in [0.15, 0.2) is 47.4 Å². The number of nitrogens with one attached hydrogen (secondary N) is 1. The summed E-state index contributed by atoms with van der Waals surface area (Å²) in [6.45, 7) is 3.68. The van der Waals surface area contributed by atoms with E-state index in [1.54, 1.807) is 38.1 Å². The van der Waals surface area contributed by atoms with Gasteiger partial charge in [-0.3, -0.25) is 10.1 Å². The lowest BCUT2D eigenvalue weighted by atomic mass is 10.2. The maximum absolute atomic E-state index is 14.2. The van der Waals surface area contributed by atoms with Gasteiger partial charge in [0.15, 0.2) is 5.01 Å². The van der Waals surface area contributed by atoms with E-state index in [4.69, 9.17) is 11.6 Å². The Balaban J connectivity index is 1.86. The molecule has 0 bridgehead atoms. The molecule has 1 N–H and O–H groups in total. The highest BCUT2D eigenvalue weighted by Crippen LogP contribution is 2.32. The first kappa shape index (κ1) is 22.3. The van der Waals surface area contributed by atoms with Crippen molar-refractivity contribution in [2.75, 3.05) is 18.4 Å². The minimum atomic E-state index is -4.06. The van der Waals surface area contributed by atoms with E-state index in [-0.39, 0.29) is 23.8 Å². The molecule has 0 aliphatic heterocycles. The molecule has 3 aromatic rings. The van der Waals surface area contributed by atoms with Gasteiger partial charge in [-0.2, -0.15) is 4.31 Å². The highest BCUT2D eigenvalue weighted by atomic mass is 35.5. The summed E-state index contributed by atoms with van der Waals surface area (Å²) in [7, 11) is -4.06. The molecule has 0 saturated carbocycles. The topological polar surface area (TPSA) is 92.3 Å². The van der Waals surface area contributed by atoms with E-state index in [1.165, 1.54) is 6.07 Å². The predicted molar refractivity (Wildman–Crippen MR) is 115 cm³/mol. The van der Waals surface area contributed by atoms with Crippen LogP contribution in [0.25, 0.3) is 10.6 Å². The van der Waals surface area contributed by atoms with Gasteiger partial charge in [0, 0.05) is 24.2 Å². The molecule has 0 saturated heterocycles. The van der Waals surface area contributed by atoms with Gasteiger partial charge in [0.1, 0.15) is 10.7 Å². The van der Waals surface area contributed by atoms with Crippen molar-refractivity contribution in [3.05, 3.63) is 58.9 Å². The zero-order valence-electron chi connectivity index (χ0n) is 16.1. The van der Waals surface area contributed by atoms with Crippen LogP contribution in [0.1, 0.15) is 24.2 Å². The van der Waals surface area contributed by atoms with Gasteiger partial charge in [-0.15, -0.1) is 10.2 Å². The van der Waals surface area contributed by atoms with Crippen LogP contribution < -0.4 is 5.32 Å². The largest absolute Gasteiger partial charge is 0.296 e. The van der Waals surface area contributed by atoms with Crippen LogP contribution >= 0.6 is 22.9 Å². The van der Waals surface area contributed by atoms with Crippen LogP contribution in [0, 0.1) is 5.82 Å². The quantitative estimate of drug-likeness (QED) is 0.558. The second-order valence-electron chi connectivity index (χ2n) is 6.08. The van der Waals surface area contributed by atoms with Crippen LogP contribution in [0.4, 0.5) is 9.52 Å². The van der Waals surface area contributed by atoms with Gasteiger partial charge >= 0.3 is 0 Å². The number of carbonyl (C=O) groups is 1. The summed E-state index contributed by atoms with van der Waals surface area (Å²) >= 11 is 7.26. The third kappa shape index (κ3) is 4.51. The van der Waals surface area contributed by atoms with Crippen molar-refractivity contribution < 1.29 is 17.6 Å². The first-order valence-corrected chi connectivity index (χ1v) is 11.6. The second-order valence-corrected chi connectivity index (χ2v) is 9.37. The average molecular weight is 469 g/mol. The van der Waals surface area contributed by atoms with E-state index < -0.39 is 26.6 Å². The van der Waals surface area contributed by atoms with E-state index in [9.17, 15) is 17.6 Å². The average Bonchev–Trinajstić information content (AvgIpc) is 3.17. The van der Waals surface area contributed by atoms with Crippen molar-refractivity contribution in [2.24, 2.45) is 0 Å². The number of amides is 1. The number of aromatic nitrogens is 2. The van der Waals surface area contributed by atoms with Gasteiger partial charge in [0.25, 0.3) is 5.91 Å². The van der Waals surface area contributed by atoms with Crippen molar-refractivity contribution in [3.8, 4) is 10.6 Å². The van der Waals surface area contributed by atoms with E-state index >= 15 is 0 Å². The first-order valence-electron chi connectivity index (χ1n) is 8.97. The number of sulfonamides is 1. The maximum Gasteiger partial charge on any atom is 0.257 e. The number of rotatable bonds is 7. The van der Waals surface area contributed by atoms with E-state index in [1.807, 2.05) is 0 Å². The third-order valence-corrected chi connectivity index (χ3v) is 7.53. The first-order chi connectivity index (χ1) is 14.3. The number of nitrogens with zero attached hydrogens (tertiary/aromatic N) is 3. The van der Waals surface area contributed by atoms with Crippen LogP contribution in [-0.2, 0) is 10.0 Å². The van der Waals surface area contributed by atoms with E-state index in [0.717, 1.165) is 27.8 Å². The Morgan fingerprint density at radius 1 is 1.17 bits per heavy atom. The van der Waals surface area contributed by atoms with Gasteiger partial charge in [-0.05, 0) is 24.3 Å². The fraction of sp³-hybridized carbons (Fsp3) is 0.211. The van der Waals surface area contributed by atoms with Crippen molar-refractivity contribution >= 4 is 44.0 Å². The number of benzene rings is 2. The minimum Gasteiger partial charge on any atom is -0.296 e. The van der Waals surface area contributed by atoms with Gasteiger partial charge in [-0.25, -0.2) is 12.8 Å². The number of hydrogen-bond donors (Lipinski definition) is 1. The molecule has 1 heterocycles. The lowest BCUT2D eigenvalue weighted by molar-refractivity contribution is 0.102. The molecule has 7 nitrogen and oxygen atoms in total. The van der Waals surface area contributed by atoms with E-state index in [2.05, 4.69) is 15.5 Å². The summed E-state index contributed by atoms with van der Waals surface area (Å²) in [5, 5.41) is 11.7. The molecule has 3 rings (SSSR count). The van der Waals surface area contributed by atoms with E-state index in [0.29, 0.717) is 15.6 Å². The minimum absolute atomic E-state index is 0.0170. The molecule has 0 fully saturated rings. The normalized spacial score (nSPS) is 11.6. The third-order valence-electron chi connectivity index (χ3n) is 4.27. The molecular weight excluding hydrogens is 451 g/mol. The Morgan fingerprint density at radius 3 is 2.53 bits per heavy atom. The molecule has 0 unspecified atom stereocenters. The summed E-state index contributed by atoms with van der Waals surface area (Å²) in [6.07, 6.45) is 0. The van der Waals surface area contributed by atoms with Crippen molar-refractivity contribution in [3.63, 3.8) is 0 Å². The highest BCUT2D eigenvalue weighted by Gasteiger charge is 2.26. The molecule has 0 radical (unpaired) electrons. The lowest BCUT2D eigenvalue weighted by Crippen LogP contribution is -2.31. The van der Waals surface area contributed by atoms with Crippen LogP contribution in [0.2, 0.25) is 5.02 Å². The highest BCUT2D eigenvalue weighted by molar-refractivity contribution is 7.89. The number of carbonyl (C=O) groups excluding carboxylic acids is 1. The molecule has 11 heteroatoms. The van der Waals surface area contributed by atoms with Crippen LogP contribution in [0.5, 0.6) is 0 Å². The molecule has 158 valence electrons. The molecule has 0 spiro atoms. The van der Waals surface area contributed by atoms with Crippen LogP contribution in [0.3, 0.4) is 0 Å². The Kier molecular flexibility index (Phi) is 6.81. The van der Waals surface area contributed by atoms with Crippen LogP contribution in [-0.4, -0.2) is 41.9 Å². The Morgan fingerprint density at radius 2 is 1.87 bits per heavy atom. The lowest BCUT2D eigenvalue weighted by Gasteiger charge is -2.19. The Labute approximate surface area is 182 Å². The summed E-state index contributed by atoms with van der Waals surface area (Å²) < 4.78 is 40.7. The maximum atomic E-state index is 14.2. The summed E-state index contributed by atoms with van der Waals surface area (Å²) in [5.41, 5.74) is 0.656. The van der Waals surface area contributed by atoms with Gasteiger partial charge in [0.2, 0.25) is 15.2 Å². The number of anilines is 1. The number of hydrogen-bond acceptors (Lipinski definition) is 6. The Bertz CT molecular complexity index is 1180. The van der Waals surface area contributed by atoms with Crippen molar-refractivity contribution in [1.29, 1.82) is 0 Å². The SMILES string of the molecule is CCN(CC)S(=O)(=O)c1cc(C(=O)Nc2nnc(-c3ccccc3Cl)s2)ccc1F. The summed E-state index contributed by atoms with van der Waals surface area (Å²) in [5.74, 6) is -1.55. The molecule has 30 heavy (non-hydrogen) atoms. The standard InChI is InChI=1S/C19H18ClFN4O3S2/c1-3-25(4-2)30(27,28)16-11-12(9-10-15(16)21)17(26)22-19-24-23-18(29-19)13-7-5-6-8-14(13)20/h5-11H,3-4H2,1-2H3,(H,22,24,26). The molecule has 0 atom stereocenters. The monoisotopic (exact) mass is 468 g/mol. The van der Waals surface area contributed by atoms with Gasteiger partial charge < -0.3 is 0 Å².